The lowest BCUT2D eigenvalue weighted by molar-refractivity contribution is -0.129. The highest BCUT2D eigenvalue weighted by Gasteiger charge is 2.28. The van der Waals surface area contributed by atoms with E-state index in [4.69, 9.17) is 5.73 Å². The Morgan fingerprint density at radius 3 is 2.23 bits per heavy atom. The van der Waals surface area contributed by atoms with Crippen LogP contribution in [0.15, 0.2) is 12.2 Å². The second-order valence-corrected chi connectivity index (χ2v) is 6.03. The molecule has 1 amide bonds. The maximum atomic E-state index is 12.4. The Morgan fingerprint density at radius 1 is 1.23 bits per heavy atom. The maximum absolute atomic E-state index is 12.4. The number of amides is 1. The van der Waals surface area contributed by atoms with Crippen molar-refractivity contribution in [2.75, 3.05) is 6.54 Å². The highest BCUT2D eigenvalue weighted by molar-refractivity contribution is 6.00. The van der Waals surface area contributed by atoms with E-state index in [0.717, 1.165) is 12.8 Å². The molecular weight excluding hydrogens is 282 g/mol. The van der Waals surface area contributed by atoms with E-state index < -0.39 is 18.2 Å². The van der Waals surface area contributed by atoms with E-state index in [2.05, 4.69) is 17.2 Å². The lowest BCUT2D eigenvalue weighted by Crippen LogP contribution is -2.55. The van der Waals surface area contributed by atoms with Crippen LogP contribution in [0.3, 0.4) is 0 Å². The lowest BCUT2D eigenvalue weighted by Gasteiger charge is -2.26. The molecule has 0 bridgehead atoms. The highest BCUT2D eigenvalue weighted by Crippen LogP contribution is 2.07. The average molecular weight is 313 g/mol. The van der Waals surface area contributed by atoms with Crippen LogP contribution in [0, 0.1) is 0 Å². The van der Waals surface area contributed by atoms with Gasteiger partial charge in [-0.3, -0.25) is 9.59 Å². The van der Waals surface area contributed by atoms with Gasteiger partial charge in [0.1, 0.15) is 6.04 Å². The molecule has 0 aromatic rings. The minimum atomic E-state index is -0.855. The number of hydrogen-bond donors (Lipinski definition) is 4. The molecule has 5 N–H and O–H groups in total. The van der Waals surface area contributed by atoms with Crippen molar-refractivity contribution in [2.45, 2.75) is 71.2 Å². The number of carbonyl (C=O) groups excluding carboxylic acids is 2. The van der Waals surface area contributed by atoms with E-state index in [9.17, 15) is 14.7 Å². The molecule has 3 atom stereocenters. The standard InChI is InChI=1S/C16H31N3O3/c1-10(2)15(21)13(8-6-7-9-17)19-16(22)14(12(5)20)18-11(3)4/h11-14,18,20H,1,6-9,17H2,2-5H3,(H,19,22)/t12?,13-,14-/m0/s1. The lowest BCUT2D eigenvalue weighted by atomic mass is 10.00. The zero-order valence-electron chi connectivity index (χ0n) is 14.2. The summed E-state index contributed by atoms with van der Waals surface area (Å²) in [4.78, 5) is 24.5. The summed E-state index contributed by atoms with van der Waals surface area (Å²) in [5.74, 6) is -0.560. The molecule has 0 aliphatic carbocycles. The second-order valence-electron chi connectivity index (χ2n) is 6.03. The fourth-order valence-electron chi connectivity index (χ4n) is 2.11. The van der Waals surface area contributed by atoms with Gasteiger partial charge in [-0.2, -0.15) is 0 Å². The number of hydrogen-bond acceptors (Lipinski definition) is 5. The summed E-state index contributed by atoms with van der Waals surface area (Å²) in [5.41, 5.74) is 5.87. The number of nitrogens with one attached hydrogen (secondary N) is 2. The molecule has 22 heavy (non-hydrogen) atoms. The van der Waals surface area contributed by atoms with E-state index in [1.807, 2.05) is 13.8 Å². The zero-order chi connectivity index (χ0) is 17.3. The van der Waals surface area contributed by atoms with Gasteiger partial charge in [-0.05, 0) is 45.2 Å². The van der Waals surface area contributed by atoms with E-state index in [1.165, 1.54) is 0 Å². The van der Waals surface area contributed by atoms with Crippen molar-refractivity contribution in [3.63, 3.8) is 0 Å². The quantitative estimate of drug-likeness (QED) is 0.328. The van der Waals surface area contributed by atoms with Crippen LogP contribution in [-0.2, 0) is 9.59 Å². The van der Waals surface area contributed by atoms with Gasteiger partial charge < -0.3 is 21.5 Å². The third-order valence-corrected chi connectivity index (χ3v) is 3.28. The molecule has 0 saturated carbocycles. The van der Waals surface area contributed by atoms with Gasteiger partial charge in [0.15, 0.2) is 5.78 Å². The third kappa shape index (κ3) is 7.68. The van der Waals surface area contributed by atoms with Crippen molar-refractivity contribution in [3.05, 3.63) is 12.2 Å². The average Bonchev–Trinajstić information content (AvgIpc) is 2.42. The Kier molecular flexibility index (Phi) is 9.89. The Hall–Kier alpha value is -1.24. The molecule has 6 nitrogen and oxygen atoms in total. The van der Waals surface area contributed by atoms with Crippen molar-refractivity contribution < 1.29 is 14.7 Å². The van der Waals surface area contributed by atoms with Gasteiger partial charge in [-0.25, -0.2) is 0 Å². The fraction of sp³-hybridized carbons (Fsp3) is 0.750. The molecular formula is C16H31N3O3. The van der Waals surface area contributed by atoms with Gasteiger partial charge in [-0.15, -0.1) is 0 Å². The number of ketones is 1. The van der Waals surface area contributed by atoms with Crippen molar-refractivity contribution >= 4 is 11.7 Å². The Morgan fingerprint density at radius 2 is 1.82 bits per heavy atom. The number of unbranched alkanes of at least 4 members (excludes halogenated alkanes) is 1. The van der Waals surface area contributed by atoms with Gasteiger partial charge in [0.2, 0.25) is 5.91 Å². The maximum Gasteiger partial charge on any atom is 0.240 e. The van der Waals surface area contributed by atoms with Gasteiger partial charge in [0.25, 0.3) is 0 Å². The summed E-state index contributed by atoms with van der Waals surface area (Å²) < 4.78 is 0. The van der Waals surface area contributed by atoms with Gasteiger partial charge >= 0.3 is 0 Å². The molecule has 128 valence electrons. The van der Waals surface area contributed by atoms with E-state index in [-0.39, 0.29) is 17.7 Å². The zero-order valence-corrected chi connectivity index (χ0v) is 14.2. The van der Waals surface area contributed by atoms with E-state index in [1.54, 1.807) is 13.8 Å². The third-order valence-electron chi connectivity index (χ3n) is 3.28. The van der Waals surface area contributed by atoms with Gasteiger partial charge in [0.05, 0.1) is 12.1 Å². The van der Waals surface area contributed by atoms with Crippen LogP contribution in [0.2, 0.25) is 0 Å². The smallest absolute Gasteiger partial charge is 0.240 e. The monoisotopic (exact) mass is 313 g/mol. The SMILES string of the molecule is C=C(C)C(=O)[C@H](CCCCN)NC(=O)[C@@H](NC(C)C)C(C)O. The van der Waals surface area contributed by atoms with E-state index in [0.29, 0.717) is 18.5 Å². The minimum absolute atomic E-state index is 0.0397. The highest BCUT2D eigenvalue weighted by atomic mass is 16.3. The molecule has 0 saturated heterocycles. The van der Waals surface area contributed by atoms with Crippen molar-refractivity contribution in [1.82, 2.24) is 10.6 Å². The van der Waals surface area contributed by atoms with Crippen molar-refractivity contribution in [1.29, 1.82) is 0 Å². The first-order valence-corrected chi connectivity index (χ1v) is 7.85. The van der Waals surface area contributed by atoms with Crippen LogP contribution >= 0.6 is 0 Å². The molecule has 0 aliphatic rings. The molecule has 6 heteroatoms. The number of nitrogens with two attached hydrogens (primary N) is 1. The van der Waals surface area contributed by atoms with Gasteiger partial charge in [0, 0.05) is 6.04 Å². The summed E-state index contributed by atoms with van der Waals surface area (Å²) in [6.45, 7) is 11.1. The number of carbonyl (C=O) groups is 2. The summed E-state index contributed by atoms with van der Waals surface area (Å²) >= 11 is 0. The van der Waals surface area contributed by atoms with E-state index >= 15 is 0 Å². The summed E-state index contributed by atoms with van der Waals surface area (Å²) in [7, 11) is 0. The molecule has 0 rings (SSSR count). The van der Waals surface area contributed by atoms with Crippen LogP contribution in [0.1, 0.15) is 47.0 Å². The number of rotatable bonds is 11. The van der Waals surface area contributed by atoms with Crippen molar-refractivity contribution in [3.8, 4) is 0 Å². The first-order valence-electron chi connectivity index (χ1n) is 7.85. The number of aliphatic hydroxyl groups excluding tert-OH is 1. The normalized spacial score (nSPS) is 15.2. The fourth-order valence-corrected chi connectivity index (χ4v) is 2.11. The first kappa shape index (κ1) is 20.8. The summed E-state index contributed by atoms with van der Waals surface area (Å²) in [6, 6.07) is -1.33. The predicted molar refractivity (Wildman–Crippen MR) is 88.4 cm³/mol. The molecule has 0 aliphatic heterocycles. The molecule has 0 spiro atoms. The minimum Gasteiger partial charge on any atom is -0.391 e. The Bertz CT molecular complexity index is 381. The molecule has 1 unspecified atom stereocenters. The number of aliphatic hydroxyl groups is 1. The summed E-state index contributed by atoms with van der Waals surface area (Å²) in [6.07, 6.45) is 1.20. The topological polar surface area (TPSA) is 104 Å². The van der Waals surface area contributed by atoms with Crippen LogP contribution in [0.5, 0.6) is 0 Å². The molecule has 0 heterocycles. The van der Waals surface area contributed by atoms with Crippen LogP contribution in [0.4, 0.5) is 0 Å². The van der Waals surface area contributed by atoms with Gasteiger partial charge in [-0.1, -0.05) is 20.4 Å². The Balaban J connectivity index is 4.89. The largest absolute Gasteiger partial charge is 0.391 e. The number of Topliss-reactive ketones (excluding diaryl/α,β-unsaturated/α-hetero) is 1. The molecule has 0 fully saturated rings. The second kappa shape index (κ2) is 10.5. The summed E-state index contributed by atoms with van der Waals surface area (Å²) in [5, 5.41) is 15.5. The van der Waals surface area contributed by atoms with Crippen LogP contribution < -0.4 is 16.4 Å². The van der Waals surface area contributed by atoms with Crippen molar-refractivity contribution in [2.24, 2.45) is 5.73 Å². The van der Waals surface area contributed by atoms with Crippen LogP contribution in [0.25, 0.3) is 0 Å². The molecule has 0 aromatic heterocycles. The Labute approximate surface area is 133 Å². The molecule has 0 radical (unpaired) electrons. The predicted octanol–water partition coefficient (Wildman–Crippen LogP) is 0.493. The first-order chi connectivity index (χ1) is 10.2. The van der Waals surface area contributed by atoms with Crippen LogP contribution in [-0.4, -0.2) is 47.6 Å². The molecule has 0 aromatic carbocycles.